The summed E-state index contributed by atoms with van der Waals surface area (Å²) in [7, 11) is 1.98. The van der Waals surface area contributed by atoms with Crippen LogP contribution in [0.4, 0.5) is 5.82 Å². The molecule has 0 spiro atoms. The summed E-state index contributed by atoms with van der Waals surface area (Å²) in [6, 6.07) is 7.44. The van der Waals surface area contributed by atoms with E-state index in [-0.39, 0.29) is 5.91 Å². The number of amides is 1. The van der Waals surface area contributed by atoms with Crippen LogP contribution in [0.1, 0.15) is 28.3 Å². The normalized spacial score (nSPS) is 13.2. The second-order valence-corrected chi connectivity index (χ2v) is 6.39. The van der Waals surface area contributed by atoms with Crippen LogP contribution >= 0.6 is 11.6 Å². The third kappa shape index (κ3) is 4.02. The van der Waals surface area contributed by atoms with E-state index in [0.29, 0.717) is 35.4 Å². The number of rotatable bonds is 6. The molecule has 132 valence electrons. The molecule has 1 aromatic carbocycles. The lowest BCUT2D eigenvalue weighted by atomic mass is 10.1. The number of aromatic nitrogens is 2. The average Bonchev–Trinajstić information content (AvgIpc) is 2.60. The van der Waals surface area contributed by atoms with Crippen molar-refractivity contribution in [3.63, 3.8) is 0 Å². The minimum Gasteiger partial charge on any atom is -0.492 e. The number of carbonyl (C=O) groups excluding carboxylic acids is 1. The van der Waals surface area contributed by atoms with Crippen LogP contribution in [0.2, 0.25) is 5.02 Å². The van der Waals surface area contributed by atoms with E-state index >= 15 is 0 Å². The molecule has 6 nitrogen and oxygen atoms in total. The topological polar surface area (TPSA) is 67.3 Å². The summed E-state index contributed by atoms with van der Waals surface area (Å²) in [6.45, 7) is 3.74. The quantitative estimate of drug-likeness (QED) is 0.802. The Bertz CT molecular complexity index is 782. The maximum atomic E-state index is 12.0. The molecule has 0 saturated carbocycles. The fourth-order valence-corrected chi connectivity index (χ4v) is 3.04. The van der Waals surface area contributed by atoms with Crippen LogP contribution in [0.3, 0.4) is 0 Å². The maximum Gasteiger partial charge on any atom is 0.270 e. The van der Waals surface area contributed by atoms with E-state index in [9.17, 15) is 4.79 Å². The molecule has 3 rings (SSSR count). The monoisotopic (exact) mass is 360 g/mol. The van der Waals surface area contributed by atoms with Gasteiger partial charge in [0.1, 0.15) is 23.1 Å². The predicted octanol–water partition coefficient (Wildman–Crippen LogP) is 2.63. The largest absolute Gasteiger partial charge is 0.492 e. The highest BCUT2D eigenvalue weighted by molar-refractivity contribution is 6.32. The van der Waals surface area contributed by atoms with Crippen molar-refractivity contribution in [1.29, 1.82) is 0 Å². The molecule has 1 aliphatic rings. The van der Waals surface area contributed by atoms with Gasteiger partial charge in [0.05, 0.1) is 11.6 Å². The Morgan fingerprint density at radius 3 is 2.92 bits per heavy atom. The maximum absolute atomic E-state index is 12.0. The van der Waals surface area contributed by atoms with Gasteiger partial charge in [0.2, 0.25) is 0 Å². The number of fused-ring (bicyclic) bond motifs is 1. The number of aryl methyl sites for hydroxylation is 1. The SMILES string of the molecule is Cc1nc2c(c(N(C)CCCOc3ccccc3Cl)n1)CCNC2=O. The molecule has 0 radical (unpaired) electrons. The Morgan fingerprint density at radius 2 is 2.12 bits per heavy atom. The third-order valence-electron chi connectivity index (χ3n) is 4.07. The molecule has 1 aliphatic heterocycles. The number of anilines is 1. The molecule has 2 heterocycles. The number of ether oxygens (including phenoxy) is 1. The van der Waals surface area contributed by atoms with Crippen LogP contribution in [-0.2, 0) is 6.42 Å². The van der Waals surface area contributed by atoms with Gasteiger partial charge in [-0.1, -0.05) is 23.7 Å². The second kappa shape index (κ2) is 7.70. The Hall–Kier alpha value is -2.34. The first-order valence-electron chi connectivity index (χ1n) is 8.30. The summed E-state index contributed by atoms with van der Waals surface area (Å²) in [5, 5.41) is 3.44. The van der Waals surface area contributed by atoms with E-state index in [2.05, 4.69) is 20.2 Å². The lowest BCUT2D eigenvalue weighted by Crippen LogP contribution is -2.35. The zero-order valence-corrected chi connectivity index (χ0v) is 15.1. The van der Waals surface area contributed by atoms with E-state index < -0.39 is 0 Å². The fraction of sp³-hybridized carbons (Fsp3) is 0.389. The molecule has 0 fully saturated rings. The Labute approximate surface area is 152 Å². The second-order valence-electron chi connectivity index (χ2n) is 5.98. The third-order valence-corrected chi connectivity index (χ3v) is 4.38. The minimum atomic E-state index is -0.122. The highest BCUT2D eigenvalue weighted by Crippen LogP contribution is 2.24. The van der Waals surface area contributed by atoms with Crippen LogP contribution < -0.4 is 15.0 Å². The van der Waals surface area contributed by atoms with Gasteiger partial charge in [-0.05, 0) is 31.9 Å². The van der Waals surface area contributed by atoms with Gasteiger partial charge in [0, 0.05) is 25.7 Å². The zero-order valence-electron chi connectivity index (χ0n) is 14.4. The molecule has 2 aromatic rings. The van der Waals surface area contributed by atoms with E-state index in [1.165, 1.54) is 0 Å². The lowest BCUT2D eigenvalue weighted by molar-refractivity contribution is 0.0940. The van der Waals surface area contributed by atoms with Crippen LogP contribution in [0.15, 0.2) is 24.3 Å². The van der Waals surface area contributed by atoms with Gasteiger partial charge in [-0.3, -0.25) is 4.79 Å². The van der Waals surface area contributed by atoms with Gasteiger partial charge in [-0.2, -0.15) is 0 Å². The molecule has 0 atom stereocenters. The van der Waals surface area contributed by atoms with Crippen LogP contribution in [0, 0.1) is 6.92 Å². The number of hydrogen-bond acceptors (Lipinski definition) is 5. The number of hydrogen-bond donors (Lipinski definition) is 1. The van der Waals surface area contributed by atoms with Crippen molar-refractivity contribution in [2.75, 3.05) is 31.6 Å². The molecule has 0 saturated heterocycles. The van der Waals surface area contributed by atoms with Crippen molar-refractivity contribution in [1.82, 2.24) is 15.3 Å². The number of carbonyl (C=O) groups is 1. The van der Waals surface area contributed by atoms with Crippen LogP contribution in [0.5, 0.6) is 5.75 Å². The van der Waals surface area contributed by atoms with Crippen molar-refractivity contribution >= 4 is 23.3 Å². The van der Waals surface area contributed by atoms with Crippen molar-refractivity contribution in [3.05, 3.63) is 46.4 Å². The van der Waals surface area contributed by atoms with E-state index in [0.717, 1.165) is 30.8 Å². The molecule has 1 aromatic heterocycles. The number of nitrogens with one attached hydrogen (secondary N) is 1. The highest BCUT2D eigenvalue weighted by atomic mass is 35.5. The van der Waals surface area contributed by atoms with Crippen molar-refractivity contribution in [3.8, 4) is 5.75 Å². The van der Waals surface area contributed by atoms with Crippen molar-refractivity contribution in [2.45, 2.75) is 19.8 Å². The minimum absolute atomic E-state index is 0.122. The van der Waals surface area contributed by atoms with E-state index in [4.69, 9.17) is 16.3 Å². The molecule has 0 aliphatic carbocycles. The standard InChI is InChI=1S/C18H21ClN4O2/c1-12-21-16-13(8-9-20-18(16)24)17(22-12)23(2)10-5-11-25-15-7-4-3-6-14(15)19/h3-4,6-7H,5,8-11H2,1-2H3,(H,20,24). The molecule has 0 unspecified atom stereocenters. The summed E-state index contributed by atoms with van der Waals surface area (Å²) < 4.78 is 5.72. The first-order chi connectivity index (χ1) is 12.1. The molecular weight excluding hydrogens is 340 g/mol. The van der Waals surface area contributed by atoms with Gasteiger partial charge in [-0.25, -0.2) is 9.97 Å². The molecule has 25 heavy (non-hydrogen) atoms. The van der Waals surface area contributed by atoms with Crippen LogP contribution in [0.25, 0.3) is 0 Å². The smallest absolute Gasteiger partial charge is 0.270 e. The highest BCUT2D eigenvalue weighted by Gasteiger charge is 2.24. The first kappa shape index (κ1) is 17.5. The molecule has 1 N–H and O–H groups in total. The number of benzene rings is 1. The lowest BCUT2D eigenvalue weighted by Gasteiger charge is -2.25. The Morgan fingerprint density at radius 1 is 1.32 bits per heavy atom. The van der Waals surface area contributed by atoms with Gasteiger partial charge in [-0.15, -0.1) is 0 Å². The number of nitrogens with zero attached hydrogens (tertiary/aromatic N) is 3. The summed E-state index contributed by atoms with van der Waals surface area (Å²) in [5.74, 6) is 2.00. The number of para-hydroxylation sites is 1. The van der Waals surface area contributed by atoms with Gasteiger partial charge in [0.25, 0.3) is 5.91 Å². The molecule has 7 heteroatoms. The van der Waals surface area contributed by atoms with Crippen molar-refractivity contribution < 1.29 is 9.53 Å². The van der Waals surface area contributed by atoms with Gasteiger partial charge >= 0.3 is 0 Å². The van der Waals surface area contributed by atoms with E-state index in [1.54, 1.807) is 6.92 Å². The summed E-state index contributed by atoms with van der Waals surface area (Å²) in [5.41, 5.74) is 1.41. The van der Waals surface area contributed by atoms with Gasteiger partial charge < -0.3 is 15.0 Å². The first-order valence-corrected chi connectivity index (χ1v) is 8.68. The zero-order chi connectivity index (χ0) is 17.8. The van der Waals surface area contributed by atoms with Gasteiger partial charge in [0.15, 0.2) is 0 Å². The fourth-order valence-electron chi connectivity index (χ4n) is 2.85. The van der Waals surface area contributed by atoms with E-state index in [1.807, 2.05) is 31.3 Å². The molecular formula is C18H21ClN4O2. The average molecular weight is 361 g/mol. The molecule has 1 amide bonds. The summed E-state index contributed by atoms with van der Waals surface area (Å²) in [4.78, 5) is 22.9. The Balaban J connectivity index is 1.63. The number of halogens is 1. The Kier molecular flexibility index (Phi) is 5.38. The summed E-state index contributed by atoms with van der Waals surface area (Å²) in [6.07, 6.45) is 1.56. The van der Waals surface area contributed by atoms with Crippen molar-refractivity contribution in [2.24, 2.45) is 0 Å². The summed E-state index contributed by atoms with van der Waals surface area (Å²) >= 11 is 6.08. The predicted molar refractivity (Wildman–Crippen MR) is 97.6 cm³/mol. The van der Waals surface area contributed by atoms with Crippen LogP contribution in [-0.4, -0.2) is 42.6 Å². The molecule has 0 bridgehead atoms.